The summed E-state index contributed by atoms with van der Waals surface area (Å²) in [6, 6.07) is 10.2. The average Bonchev–Trinajstić information content (AvgIpc) is 2.78. The van der Waals surface area contributed by atoms with Crippen LogP contribution < -0.4 is 10.0 Å². The summed E-state index contributed by atoms with van der Waals surface area (Å²) in [6.45, 7) is 9.69. The van der Waals surface area contributed by atoms with E-state index in [0.29, 0.717) is 12.0 Å². The summed E-state index contributed by atoms with van der Waals surface area (Å²) in [4.78, 5) is 12.3. The molecule has 0 aliphatic rings. The van der Waals surface area contributed by atoms with Crippen molar-refractivity contribution in [2.45, 2.75) is 47.6 Å². The van der Waals surface area contributed by atoms with Gasteiger partial charge in [-0.1, -0.05) is 24.3 Å². The zero-order valence-corrected chi connectivity index (χ0v) is 23.7. The lowest BCUT2D eigenvalue weighted by atomic mass is 9.96. The predicted molar refractivity (Wildman–Crippen MR) is 146 cm³/mol. The Labute approximate surface area is 224 Å². The van der Waals surface area contributed by atoms with Crippen molar-refractivity contribution in [2.24, 2.45) is 11.3 Å². The highest BCUT2D eigenvalue weighted by molar-refractivity contribution is 7.92. The van der Waals surface area contributed by atoms with Gasteiger partial charge in [0, 0.05) is 12.5 Å². The number of hydrogen-bond acceptors (Lipinski definition) is 6. The minimum Gasteiger partial charge on any atom is -0.465 e. The summed E-state index contributed by atoms with van der Waals surface area (Å²) < 4.78 is 44.5. The van der Waals surface area contributed by atoms with E-state index in [-0.39, 0.29) is 42.4 Å². The van der Waals surface area contributed by atoms with Crippen LogP contribution in [0.4, 0.5) is 10.1 Å². The van der Waals surface area contributed by atoms with Crippen LogP contribution in [0.15, 0.2) is 36.4 Å². The number of carbonyl (C=O) groups excluding carboxylic acids is 1. The Morgan fingerprint density at radius 1 is 1.14 bits per heavy atom. The number of anilines is 1. The van der Waals surface area contributed by atoms with Gasteiger partial charge in [-0.3, -0.25) is 14.7 Å². The predicted octanol–water partition coefficient (Wildman–Crippen LogP) is 4.33. The van der Waals surface area contributed by atoms with Gasteiger partial charge in [-0.15, -0.1) is 0 Å². The number of nitrogens with zero attached hydrogens (tertiary/aromatic N) is 1. The normalized spacial score (nSPS) is 12.5. The number of sulfonamides is 1. The maximum absolute atomic E-state index is 14.2. The van der Waals surface area contributed by atoms with Crippen LogP contribution in [0, 0.1) is 31.0 Å². The fourth-order valence-electron chi connectivity index (χ4n) is 3.40. The lowest BCUT2D eigenvalue weighted by Gasteiger charge is -2.26. The van der Waals surface area contributed by atoms with Gasteiger partial charge in [-0.25, -0.2) is 17.9 Å². The molecular weight excluding hydrogens is 517 g/mol. The number of aryl methyl sites for hydroxylation is 2. The summed E-state index contributed by atoms with van der Waals surface area (Å²) in [7, 11) is -3.60. The zero-order chi connectivity index (χ0) is 28.0. The quantitative estimate of drug-likeness (QED) is 0.227. The summed E-state index contributed by atoms with van der Waals surface area (Å²) in [6.07, 6.45) is 1.49. The van der Waals surface area contributed by atoms with Crippen LogP contribution >= 0.6 is 12.2 Å². The number of esters is 1. The fraction of sp³-hybridized carbons (Fsp3) is 0.462. The van der Waals surface area contributed by atoms with Gasteiger partial charge in [0.15, 0.2) is 5.11 Å². The van der Waals surface area contributed by atoms with Crippen LogP contribution in [-0.4, -0.2) is 49.2 Å². The van der Waals surface area contributed by atoms with Crippen molar-refractivity contribution in [1.29, 1.82) is 0 Å². The van der Waals surface area contributed by atoms with Crippen molar-refractivity contribution in [3.63, 3.8) is 0 Å². The third kappa shape index (κ3) is 10.3. The summed E-state index contributed by atoms with van der Waals surface area (Å²) >= 11 is 5.29. The van der Waals surface area contributed by atoms with E-state index in [1.165, 1.54) is 17.7 Å². The zero-order valence-electron chi connectivity index (χ0n) is 22.1. The Bertz CT molecular complexity index is 1230. The van der Waals surface area contributed by atoms with Crippen LogP contribution in [0.1, 0.15) is 43.0 Å². The molecule has 8 nitrogen and oxygen atoms in total. The van der Waals surface area contributed by atoms with Gasteiger partial charge < -0.3 is 10.1 Å². The molecule has 0 amide bonds. The molecule has 0 aliphatic carbocycles. The second-order valence-electron chi connectivity index (χ2n) is 10.3. The van der Waals surface area contributed by atoms with Gasteiger partial charge in [0.1, 0.15) is 5.82 Å². The first-order chi connectivity index (χ1) is 17.0. The molecule has 11 heteroatoms. The van der Waals surface area contributed by atoms with Gasteiger partial charge in [-0.2, -0.15) is 0 Å². The molecule has 0 fully saturated rings. The van der Waals surface area contributed by atoms with E-state index < -0.39 is 21.3 Å². The number of nitrogens with one attached hydrogen (secondary N) is 2. The average molecular weight is 554 g/mol. The fourth-order valence-corrected chi connectivity index (χ4v) is 4.11. The molecule has 0 aromatic heterocycles. The SMILES string of the molecule is Cc1ccc(C[C@H](COC(=O)C(C)(C)C)CN(O)C(=S)NCc2ccc(NS(C)(=O)=O)c(F)c2)cc1C. The van der Waals surface area contributed by atoms with E-state index in [9.17, 15) is 22.8 Å². The van der Waals surface area contributed by atoms with E-state index in [2.05, 4.69) is 16.1 Å². The minimum atomic E-state index is -3.60. The molecule has 37 heavy (non-hydrogen) atoms. The number of hydrogen-bond donors (Lipinski definition) is 3. The molecule has 0 saturated heterocycles. The van der Waals surface area contributed by atoms with E-state index >= 15 is 0 Å². The van der Waals surface area contributed by atoms with Gasteiger partial charge >= 0.3 is 5.97 Å². The largest absolute Gasteiger partial charge is 0.465 e. The van der Waals surface area contributed by atoms with Gasteiger partial charge in [0.2, 0.25) is 10.0 Å². The monoisotopic (exact) mass is 553 g/mol. The molecule has 2 aromatic rings. The molecule has 2 rings (SSSR count). The number of hydroxylamine groups is 2. The standard InChI is InChI=1S/C26H36FN3O5S2/c1-17-7-8-19(11-18(17)2)12-21(16-35-24(31)26(3,4)5)15-30(32)25(36)28-14-20-9-10-23(22(27)13-20)29-37(6,33)34/h7-11,13,21,29,32H,12,14-16H2,1-6H3,(H,28,36)/t21-/m0/s1. The third-order valence-electron chi connectivity index (χ3n) is 5.60. The van der Waals surface area contributed by atoms with E-state index in [0.717, 1.165) is 22.4 Å². The van der Waals surface area contributed by atoms with Crippen LogP contribution in [0.3, 0.4) is 0 Å². The van der Waals surface area contributed by atoms with Gasteiger partial charge in [0.05, 0.1) is 30.5 Å². The minimum absolute atomic E-state index is 0.0194. The second-order valence-corrected chi connectivity index (χ2v) is 12.4. The van der Waals surface area contributed by atoms with Crippen LogP contribution in [0.25, 0.3) is 0 Å². The van der Waals surface area contributed by atoms with Gasteiger partial charge in [-0.05, 0) is 87.6 Å². The van der Waals surface area contributed by atoms with Crippen LogP contribution in [0.2, 0.25) is 0 Å². The number of rotatable bonds is 10. The first kappa shape index (κ1) is 30.5. The molecule has 1 atom stereocenters. The van der Waals surface area contributed by atoms with Crippen molar-refractivity contribution in [1.82, 2.24) is 10.4 Å². The van der Waals surface area contributed by atoms with E-state index in [1.807, 2.05) is 26.0 Å². The van der Waals surface area contributed by atoms with Crippen molar-refractivity contribution in [3.05, 3.63) is 64.5 Å². The summed E-state index contributed by atoms with van der Waals surface area (Å²) in [5, 5.41) is 14.4. The molecule has 204 valence electrons. The maximum Gasteiger partial charge on any atom is 0.311 e. The number of carbonyl (C=O) groups is 1. The van der Waals surface area contributed by atoms with Crippen molar-refractivity contribution in [2.75, 3.05) is 24.1 Å². The first-order valence-electron chi connectivity index (χ1n) is 11.8. The summed E-state index contributed by atoms with van der Waals surface area (Å²) in [5.74, 6) is -1.32. The highest BCUT2D eigenvalue weighted by Crippen LogP contribution is 2.20. The van der Waals surface area contributed by atoms with Gasteiger partial charge in [0.25, 0.3) is 0 Å². The maximum atomic E-state index is 14.2. The molecule has 0 heterocycles. The molecule has 2 aromatic carbocycles. The van der Waals surface area contributed by atoms with E-state index in [1.54, 1.807) is 26.8 Å². The number of halogens is 1. The molecule has 0 saturated carbocycles. The Balaban J connectivity index is 2.04. The van der Waals surface area contributed by atoms with Crippen LogP contribution in [0.5, 0.6) is 0 Å². The van der Waals surface area contributed by atoms with Crippen molar-refractivity contribution in [3.8, 4) is 0 Å². The Hall–Kier alpha value is -2.76. The number of ether oxygens (including phenoxy) is 1. The third-order valence-corrected chi connectivity index (χ3v) is 6.54. The molecule has 3 N–H and O–H groups in total. The van der Waals surface area contributed by atoms with Crippen molar-refractivity contribution < 1.29 is 27.5 Å². The first-order valence-corrected chi connectivity index (χ1v) is 14.1. The molecule has 0 unspecified atom stereocenters. The lowest BCUT2D eigenvalue weighted by Crippen LogP contribution is -2.41. The topological polar surface area (TPSA) is 108 Å². The van der Waals surface area contributed by atoms with Crippen molar-refractivity contribution >= 4 is 39.0 Å². The Kier molecular flexibility index (Phi) is 10.4. The summed E-state index contributed by atoms with van der Waals surface area (Å²) in [5.41, 5.74) is 3.05. The highest BCUT2D eigenvalue weighted by Gasteiger charge is 2.25. The Morgan fingerprint density at radius 2 is 1.78 bits per heavy atom. The molecule has 0 radical (unpaired) electrons. The molecule has 0 spiro atoms. The van der Waals surface area contributed by atoms with E-state index in [4.69, 9.17) is 17.0 Å². The number of thiocarbonyl (C=S) groups is 1. The molecule has 0 bridgehead atoms. The smallest absolute Gasteiger partial charge is 0.311 e. The second kappa shape index (κ2) is 12.7. The lowest BCUT2D eigenvalue weighted by molar-refractivity contribution is -0.155. The highest BCUT2D eigenvalue weighted by atomic mass is 32.2. The van der Waals surface area contributed by atoms with Crippen LogP contribution in [-0.2, 0) is 32.5 Å². The number of benzene rings is 2. The Morgan fingerprint density at radius 3 is 2.35 bits per heavy atom. The molecule has 0 aliphatic heterocycles. The molecular formula is C26H36FN3O5S2.